The summed E-state index contributed by atoms with van der Waals surface area (Å²) < 4.78 is 44.0. The molecule has 0 aliphatic rings. The van der Waals surface area contributed by atoms with Crippen molar-refractivity contribution in [3.63, 3.8) is 0 Å². The zero-order valence-electron chi connectivity index (χ0n) is 14.3. The first kappa shape index (κ1) is 19.4. The lowest BCUT2D eigenvalue weighted by Crippen LogP contribution is -2.37. The smallest absolute Gasteiger partial charge is 0.417 e. The summed E-state index contributed by atoms with van der Waals surface area (Å²) >= 11 is 0. The molecule has 3 aromatic rings. The van der Waals surface area contributed by atoms with Gasteiger partial charge in [0, 0.05) is 23.2 Å². The molecule has 0 bridgehead atoms. The van der Waals surface area contributed by atoms with Crippen LogP contribution in [0, 0.1) is 0 Å². The van der Waals surface area contributed by atoms with Crippen LogP contribution >= 0.6 is 0 Å². The van der Waals surface area contributed by atoms with Gasteiger partial charge in [0.05, 0.1) is 11.6 Å². The zero-order valence-corrected chi connectivity index (χ0v) is 14.3. The van der Waals surface area contributed by atoms with Gasteiger partial charge in [0.15, 0.2) is 0 Å². The van der Waals surface area contributed by atoms with Gasteiger partial charge < -0.3 is 20.6 Å². The minimum atomic E-state index is -4.72. The standard InChI is InChI=1S/C19H15F3N2O4/c20-19(21,22)14-9-17(26)28-16-8-11(3-6-13(14)16)24-18(27)15(23)7-10-1-4-12(25)5-2-10/h1-6,8-9,15,25H,7,23H2,(H,24,27). The second-order valence-corrected chi connectivity index (χ2v) is 6.15. The number of anilines is 1. The number of aromatic hydroxyl groups is 1. The van der Waals surface area contributed by atoms with Crippen LogP contribution in [0.4, 0.5) is 18.9 Å². The SMILES string of the molecule is NC(Cc1ccc(O)cc1)C(=O)Nc1ccc2c(C(F)(F)F)cc(=O)oc2c1. The van der Waals surface area contributed by atoms with Gasteiger partial charge in [0.25, 0.3) is 0 Å². The Labute approximate surface area is 156 Å². The van der Waals surface area contributed by atoms with E-state index in [1.807, 2.05) is 0 Å². The zero-order chi connectivity index (χ0) is 20.5. The molecule has 1 aromatic heterocycles. The summed E-state index contributed by atoms with van der Waals surface area (Å²) in [5.74, 6) is -0.487. The van der Waals surface area contributed by atoms with E-state index in [1.54, 1.807) is 12.1 Å². The quantitative estimate of drug-likeness (QED) is 0.592. The number of rotatable bonds is 4. The first-order valence-electron chi connectivity index (χ1n) is 8.13. The molecule has 0 aliphatic heterocycles. The van der Waals surface area contributed by atoms with Gasteiger partial charge in [-0.3, -0.25) is 4.79 Å². The molecule has 2 aromatic carbocycles. The number of carbonyl (C=O) groups excluding carboxylic acids is 1. The van der Waals surface area contributed by atoms with Crippen LogP contribution in [0.2, 0.25) is 0 Å². The van der Waals surface area contributed by atoms with Crippen molar-refractivity contribution in [2.45, 2.75) is 18.6 Å². The first-order chi connectivity index (χ1) is 13.1. The monoisotopic (exact) mass is 392 g/mol. The van der Waals surface area contributed by atoms with Gasteiger partial charge in [-0.25, -0.2) is 4.79 Å². The molecule has 28 heavy (non-hydrogen) atoms. The number of halogens is 3. The Hall–Kier alpha value is -3.33. The highest BCUT2D eigenvalue weighted by Crippen LogP contribution is 2.34. The third-order valence-corrected chi connectivity index (χ3v) is 4.05. The number of benzene rings is 2. The molecule has 0 spiro atoms. The van der Waals surface area contributed by atoms with Crippen LogP contribution in [0.15, 0.2) is 57.7 Å². The maximum absolute atomic E-state index is 13.1. The van der Waals surface area contributed by atoms with Gasteiger partial charge in [-0.2, -0.15) is 13.2 Å². The van der Waals surface area contributed by atoms with E-state index in [0.29, 0.717) is 6.07 Å². The number of alkyl halides is 3. The van der Waals surface area contributed by atoms with E-state index >= 15 is 0 Å². The van der Waals surface area contributed by atoms with Crippen molar-refractivity contribution < 1.29 is 27.5 Å². The Morgan fingerprint density at radius 1 is 1.14 bits per heavy atom. The molecular formula is C19H15F3N2O4. The summed E-state index contributed by atoms with van der Waals surface area (Å²) in [6.45, 7) is 0. The lowest BCUT2D eigenvalue weighted by atomic mass is 10.1. The molecule has 6 nitrogen and oxygen atoms in total. The fraction of sp³-hybridized carbons (Fsp3) is 0.158. The molecule has 146 valence electrons. The van der Waals surface area contributed by atoms with Gasteiger partial charge in [-0.05, 0) is 36.2 Å². The Morgan fingerprint density at radius 2 is 1.82 bits per heavy atom. The van der Waals surface area contributed by atoms with Gasteiger partial charge in [-0.1, -0.05) is 12.1 Å². The van der Waals surface area contributed by atoms with E-state index in [2.05, 4.69) is 5.32 Å². The Bertz CT molecular complexity index is 1080. The van der Waals surface area contributed by atoms with Crippen molar-refractivity contribution in [1.29, 1.82) is 0 Å². The van der Waals surface area contributed by atoms with Crippen LogP contribution in [0.25, 0.3) is 11.0 Å². The maximum Gasteiger partial charge on any atom is 0.417 e. The lowest BCUT2D eigenvalue weighted by molar-refractivity contribution is -0.136. The van der Waals surface area contributed by atoms with Gasteiger partial charge in [0.2, 0.25) is 5.91 Å². The van der Waals surface area contributed by atoms with Crippen LogP contribution in [0.1, 0.15) is 11.1 Å². The molecule has 0 saturated carbocycles. The van der Waals surface area contributed by atoms with E-state index in [9.17, 15) is 27.9 Å². The van der Waals surface area contributed by atoms with Crippen LogP contribution < -0.4 is 16.7 Å². The summed E-state index contributed by atoms with van der Waals surface area (Å²) in [5.41, 5.74) is 4.16. The molecule has 1 unspecified atom stereocenters. The fourth-order valence-corrected chi connectivity index (χ4v) is 2.69. The Kier molecular flexibility index (Phi) is 5.10. The van der Waals surface area contributed by atoms with Crippen LogP contribution in [-0.4, -0.2) is 17.1 Å². The summed E-state index contributed by atoms with van der Waals surface area (Å²) in [4.78, 5) is 23.7. The molecule has 4 N–H and O–H groups in total. The van der Waals surface area contributed by atoms with E-state index in [0.717, 1.165) is 17.7 Å². The van der Waals surface area contributed by atoms with Gasteiger partial charge in [0.1, 0.15) is 11.3 Å². The predicted octanol–water partition coefficient (Wildman–Crippen LogP) is 3.03. The molecule has 0 saturated heterocycles. The second-order valence-electron chi connectivity index (χ2n) is 6.15. The predicted molar refractivity (Wildman–Crippen MR) is 95.9 cm³/mol. The topological polar surface area (TPSA) is 106 Å². The van der Waals surface area contributed by atoms with E-state index in [4.69, 9.17) is 10.2 Å². The van der Waals surface area contributed by atoms with Crippen molar-refractivity contribution in [1.82, 2.24) is 0 Å². The van der Waals surface area contributed by atoms with Crippen molar-refractivity contribution in [2.75, 3.05) is 5.32 Å². The van der Waals surface area contributed by atoms with E-state index < -0.39 is 29.3 Å². The number of carbonyl (C=O) groups is 1. The number of amides is 1. The summed E-state index contributed by atoms with van der Waals surface area (Å²) in [6, 6.07) is 9.12. The third kappa shape index (κ3) is 4.32. The first-order valence-corrected chi connectivity index (χ1v) is 8.13. The van der Waals surface area contributed by atoms with Crippen molar-refractivity contribution >= 4 is 22.6 Å². The van der Waals surface area contributed by atoms with E-state index in [-0.39, 0.29) is 28.8 Å². The van der Waals surface area contributed by atoms with Crippen LogP contribution in [0.5, 0.6) is 5.75 Å². The van der Waals surface area contributed by atoms with Crippen LogP contribution in [0.3, 0.4) is 0 Å². The number of nitrogens with two attached hydrogens (primary N) is 1. The summed E-state index contributed by atoms with van der Waals surface area (Å²) in [6.07, 6.45) is -4.53. The minimum Gasteiger partial charge on any atom is -0.508 e. The molecule has 0 aliphatic carbocycles. The number of phenolic OH excluding ortho intramolecular Hbond substituents is 1. The lowest BCUT2D eigenvalue weighted by Gasteiger charge is -2.14. The summed E-state index contributed by atoms with van der Waals surface area (Å²) in [5, 5.41) is 11.5. The van der Waals surface area contributed by atoms with Crippen molar-refractivity contribution in [2.24, 2.45) is 5.73 Å². The van der Waals surface area contributed by atoms with E-state index in [1.165, 1.54) is 18.2 Å². The maximum atomic E-state index is 13.1. The average Bonchev–Trinajstić information content (AvgIpc) is 2.61. The summed E-state index contributed by atoms with van der Waals surface area (Å²) in [7, 11) is 0. The van der Waals surface area contributed by atoms with Crippen molar-refractivity contribution in [3.8, 4) is 5.75 Å². The van der Waals surface area contributed by atoms with Crippen molar-refractivity contribution in [3.05, 3.63) is 70.1 Å². The normalized spacial score (nSPS) is 12.7. The minimum absolute atomic E-state index is 0.0812. The number of hydrogen-bond donors (Lipinski definition) is 3. The van der Waals surface area contributed by atoms with Gasteiger partial charge >= 0.3 is 11.8 Å². The second kappa shape index (κ2) is 7.35. The van der Waals surface area contributed by atoms with Gasteiger partial charge in [-0.15, -0.1) is 0 Å². The average molecular weight is 392 g/mol. The molecule has 0 fully saturated rings. The molecule has 1 amide bonds. The highest BCUT2D eigenvalue weighted by atomic mass is 19.4. The Balaban J connectivity index is 1.81. The fourth-order valence-electron chi connectivity index (χ4n) is 2.69. The molecule has 0 radical (unpaired) electrons. The molecule has 1 atom stereocenters. The third-order valence-electron chi connectivity index (χ3n) is 4.05. The molecule has 3 rings (SSSR count). The Morgan fingerprint density at radius 3 is 2.46 bits per heavy atom. The number of phenols is 1. The highest BCUT2D eigenvalue weighted by molar-refractivity contribution is 5.96. The number of fused-ring (bicyclic) bond motifs is 1. The molecular weight excluding hydrogens is 377 g/mol. The van der Waals surface area contributed by atoms with Crippen LogP contribution in [-0.2, 0) is 17.4 Å². The molecule has 1 heterocycles. The largest absolute Gasteiger partial charge is 0.508 e. The number of hydrogen-bond acceptors (Lipinski definition) is 5. The highest BCUT2D eigenvalue weighted by Gasteiger charge is 2.33. The number of nitrogens with one attached hydrogen (secondary N) is 1. The molecule has 9 heteroatoms.